The molecule has 6 nitrogen and oxygen atoms in total. The van der Waals surface area contributed by atoms with Gasteiger partial charge in [-0.05, 0) is 38.8 Å². The SMILES string of the molecule is CCNC(/C=C(\CC)C(=O)C(C)C)=NCCOCCOCCOC(C)C. The van der Waals surface area contributed by atoms with Crippen molar-refractivity contribution < 1.29 is 19.0 Å². The predicted octanol–water partition coefficient (Wildman–Crippen LogP) is 3.01. The summed E-state index contributed by atoms with van der Waals surface area (Å²) in [5, 5.41) is 3.20. The van der Waals surface area contributed by atoms with Gasteiger partial charge in [0.05, 0.1) is 45.7 Å². The summed E-state index contributed by atoms with van der Waals surface area (Å²) in [5.74, 6) is 0.912. The Kier molecular flexibility index (Phi) is 15.2. The van der Waals surface area contributed by atoms with Crippen molar-refractivity contribution in [1.29, 1.82) is 0 Å². The number of aliphatic imine (C=N–C) groups is 1. The molecule has 0 spiro atoms. The summed E-state index contributed by atoms with van der Waals surface area (Å²) in [5.41, 5.74) is 0.803. The van der Waals surface area contributed by atoms with E-state index >= 15 is 0 Å². The molecule has 0 heterocycles. The lowest BCUT2D eigenvalue weighted by Gasteiger charge is -2.10. The zero-order valence-corrected chi connectivity index (χ0v) is 17.5. The van der Waals surface area contributed by atoms with Gasteiger partial charge in [-0.2, -0.15) is 0 Å². The van der Waals surface area contributed by atoms with E-state index in [1.165, 1.54) is 0 Å². The summed E-state index contributed by atoms with van der Waals surface area (Å²) in [6.45, 7) is 15.9. The molecule has 26 heavy (non-hydrogen) atoms. The number of allylic oxidation sites excluding steroid dienone is 1. The van der Waals surface area contributed by atoms with Gasteiger partial charge in [0.2, 0.25) is 0 Å². The van der Waals surface area contributed by atoms with Crippen molar-refractivity contribution in [3.8, 4) is 0 Å². The van der Waals surface area contributed by atoms with Gasteiger partial charge in [0.25, 0.3) is 0 Å². The van der Waals surface area contributed by atoms with Crippen LogP contribution >= 0.6 is 0 Å². The molecule has 0 aliphatic carbocycles. The Hall–Kier alpha value is -1.24. The number of hydrogen-bond donors (Lipinski definition) is 1. The van der Waals surface area contributed by atoms with Crippen LogP contribution in [0.1, 0.15) is 48.0 Å². The summed E-state index contributed by atoms with van der Waals surface area (Å²) >= 11 is 0. The average molecular weight is 371 g/mol. The molecule has 0 amide bonds. The molecule has 0 aromatic heterocycles. The average Bonchev–Trinajstić information content (AvgIpc) is 2.59. The van der Waals surface area contributed by atoms with Crippen molar-refractivity contribution in [1.82, 2.24) is 5.32 Å². The number of nitrogens with one attached hydrogen (secondary N) is 1. The maximum Gasteiger partial charge on any atom is 0.161 e. The minimum atomic E-state index is -0.00153. The molecule has 0 aromatic rings. The molecule has 0 rings (SSSR count). The third-order valence-corrected chi connectivity index (χ3v) is 3.46. The molecule has 152 valence electrons. The van der Waals surface area contributed by atoms with Crippen LogP contribution in [-0.2, 0) is 19.0 Å². The minimum absolute atomic E-state index is 0.00153. The number of ether oxygens (including phenoxy) is 3. The van der Waals surface area contributed by atoms with E-state index in [4.69, 9.17) is 14.2 Å². The first-order valence-electron chi connectivity index (χ1n) is 9.72. The molecule has 0 saturated carbocycles. The molecule has 0 aromatic carbocycles. The molecular weight excluding hydrogens is 332 g/mol. The molecule has 0 atom stereocenters. The largest absolute Gasteiger partial charge is 0.377 e. The second kappa shape index (κ2) is 16.0. The third kappa shape index (κ3) is 13.0. The first kappa shape index (κ1) is 24.8. The van der Waals surface area contributed by atoms with E-state index in [0.717, 1.165) is 18.0 Å². The smallest absolute Gasteiger partial charge is 0.161 e. The topological polar surface area (TPSA) is 69.2 Å². The Balaban J connectivity index is 4.16. The zero-order valence-electron chi connectivity index (χ0n) is 17.5. The van der Waals surface area contributed by atoms with Crippen molar-refractivity contribution in [3.63, 3.8) is 0 Å². The van der Waals surface area contributed by atoms with Gasteiger partial charge in [-0.25, -0.2) is 0 Å². The predicted molar refractivity (Wildman–Crippen MR) is 107 cm³/mol. The summed E-state index contributed by atoms with van der Waals surface area (Å²) in [6.07, 6.45) is 2.80. The van der Waals surface area contributed by atoms with Gasteiger partial charge in [0.15, 0.2) is 5.78 Å². The van der Waals surface area contributed by atoms with Crippen LogP contribution in [0.4, 0.5) is 0 Å². The molecule has 1 N–H and O–H groups in total. The van der Waals surface area contributed by atoms with E-state index in [1.54, 1.807) is 0 Å². The Bertz CT molecular complexity index is 432. The van der Waals surface area contributed by atoms with Crippen molar-refractivity contribution in [2.45, 2.75) is 54.1 Å². The van der Waals surface area contributed by atoms with Gasteiger partial charge < -0.3 is 19.5 Å². The molecule has 0 saturated heterocycles. The lowest BCUT2D eigenvalue weighted by Crippen LogP contribution is -2.24. The highest BCUT2D eigenvalue weighted by Gasteiger charge is 2.12. The number of likely N-dealkylation sites (N-methyl/N-ethyl adjacent to an activating group) is 1. The molecule has 0 fully saturated rings. The summed E-state index contributed by atoms with van der Waals surface area (Å²) in [7, 11) is 0. The van der Waals surface area contributed by atoms with Crippen molar-refractivity contribution in [3.05, 3.63) is 11.6 Å². The van der Waals surface area contributed by atoms with Crippen LogP contribution in [0, 0.1) is 5.92 Å². The van der Waals surface area contributed by atoms with Crippen molar-refractivity contribution in [2.75, 3.05) is 46.1 Å². The summed E-state index contributed by atoms with van der Waals surface area (Å²) in [4.78, 5) is 16.7. The van der Waals surface area contributed by atoms with E-state index in [9.17, 15) is 4.79 Å². The van der Waals surface area contributed by atoms with E-state index in [2.05, 4.69) is 10.3 Å². The number of hydrogen-bond acceptors (Lipinski definition) is 5. The molecule has 0 aliphatic rings. The first-order chi connectivity index (χ1) is 12.4. The molecular formula is C20H38N2O4. The summed E-state index contributed by atoms with van der Waals surface area (Å²) < 4.78 is 16.3. The maximum atomic E-state index is 12.2. The monoisotopic (exact) mass is 370 g/mol. The van der Waals surface area contributed by atoms with Crippen molar-refractivity contribution in [2.24, 2.45) is 10.9 Å². The van der Waals surface area contributed by atoms with Crippen LogP contribution in [0.3, 0.4) is 0 Å². The minimum Gasteiger partial charge on any atom is -0.377 e. The fourth-order valence-corrected chi connectivity index (χ4v) is 2.11. The van der Waals surface area contributed by atoms with Crippen LogP contribution in [0.2, 0.25) is 0 Å². The number of nitrogens with zero attached hydrogens (tertiary/aromatic N) is 1. The van der Waals surface area contributed by atoms with Gasteiger partial charge >= 0.3 is 0 Å². The number of Topliss-reactive ketones (excluding diaryl/α,β-unsaturated/α-hetero) is 1. The van der Waals surface area contributed by atoms with E-state index in [-0.39, 0.29) is 17.8 Å². The quantitative estimate of drug-likeness (QED) is 0.208. The summed E-state index contributed by atoms with van der Waals surface area (Å²) in [6, 6.07) is 0. The highest BCUT2D eigenvalue weighted by atomic mass is 16.5. The Labute approximate surface area is 159 Å². The lowest BCUT2D eigenvalue weighted by atomic mass is 9.98. The number of carbonyl (C=O) groups excluding carboxylic acids is 1. The lowest BCUT2D eigenvalue weighted by molar-refractivity contribution is -0.118. The third-order valence-electron chi connectivity index (χ3n) is 3.46. The number of rotatable bonds is 15. The highest BCUT2D eigenvalue weighted by molar-refractivity contribution is 6.04. The van der Waals surface area contributed by atoms with E-state index in [0.29, 0.717) is 46.0 Å². The fourth-order valence-electron chi connectivity index (χ4n) is 2.11. The fraction of sp³-hybridized carbons (Fsp3) is 0.800. The molecule has 0 aliphatic heterocycles. The van der Waals surface area contributed by atoms with E-state index in [1.807, 2.05) is 47.6 Å². The van der Waals surface area contributed by atoms with Crippen LogP contribution in [-0.4, -0.2) is 63.8 Å². The maximum absolute atomic E-state index is 12.2. The molecule has 0 radical (unpaired) electrons. The van der Waals surface area contributed by atoms with Crippen LogP contribution in [0.5, 0.6) is 0 Å². The standard InChI is InChI=1S/C20H38N2O4/c1-7-18(20(23)16(3)4)15-19(21-8-2)22-9-10-24-11-12-25-13-14-26-17(5)6/h15-17H,7-14H2,1-6H3,(H,21,22)/b18-15+. The van der Waals surface area contributed by atoms with Crippen LogP contribution < -0.4 is 5.32 Å². The van der Waals surface area contributed by atoms with Crippen LogP contribution in [0.15, 0.2) is 16.6 Å². The Morgan fingerprint density at radius 2 is 1.62 bits per heavy atom. The Morgan fingerprint density at radius 3 is 2.15 bits per heavy atom. The molecule has 6 heteroatoms. The van der Waals surface area contributed by atoms with Gasteiger partial charge in [0, 0.05) is 12.5 Å². The number of amidine groups is 1. The number of carbonyl (C=O) groups is 1. The first-order valence-corrected chi connectivity index (χ1v) is 9.72. The van der Waals surface area contributed by atoms with Crippen LogP contribution in [0.25, 0.3) is 0 Å². The normalized spacial score (nSPS) is 12.9. The zero-order chi connectivity index (χ0) is 19.8. The Morgan fingerprint density at radius 1 is 1.00 bits per heavy atom. The van der Waals surface area contributed by atoms with E-state index < -0.39 is 0 Å². The number of ketones is 1. The van der Waals surface area contributed by atoms with Gasteiger partial charge in [0.1, 0.15) is 5.84 Å². The van der Waals surface area contributed by atoms with Gasteiger partial charge in [-0.3, -0.25) is 9.79 Å². The molecule has 0 unspecified atom stereocenters. The van der Waals surface area contributed by atoms with Gasteiger partial charge in [-0.15, -0.1) is 0 Å². The molecule has 0 bridgehead atoms. The highest BCUT2D eigenvalue weighted by Crippen LogP contribution is 2.09. The van der Waals surface area contributed by atoms with Gasteiger partial charge in [-0.1, -0.05) is 20.8 Å². The van der Waals surface area contributed by atoms with Crippen molar-refractivity contribution >= 4 is 11.6 Å². The second-order valence-corrected chi connectivity index (χ2v) is 6.48. The second-order valence-electron chi connectivity index (χ2n) is 6.48.